The van der Waals surface area contributed by atoms with E-state index in [9.17, 15) is 4.79 Å². The molecular weight excluding hydrogens is 248 g/mol. The first-order valence-corrected chi connectivity index (χ1v) is 13.4. The average Bonchev–Trinajstić information content (AvgIpc) is 2.07. The van der Waals surface area contributed by atoms with Crippen molar-refractivity contribution < 1.29 is 14.0 Å². The Labute approximate surface area is 108 Å². The van der Waals surface area contributed by atoms with E-state index >= 15 is 0 Å². The van der Waals surface area contributed by atoms with Crippen LogP contribution in [0.3, 0.4) is 0 Å². The summed E-state index contributed by atoms with van der Waals surface area (Å²) in [5, 5.41) is 0. The molecule has 0 aromatic carbocycles. The first-order valence-electron chi connectivity index (χ1n) is 6.32. The highest BCUT2D eigenvalue weighted by atomic mass is 28.4. The normalized spacial score (nSPS) is 14.5. The fraction of sp³-hybridized carbons (Fsp3) is 0.917. The molecule has 0 aliphatic heterocycles. The Bertz CT molecular complexity index is 241. The molecule has 0 rings (SSSR count). The van der Waals surface area contributed by atoms with Gasteiger partial charge in [-0.3, -0.25) is 4.79 Å². The summed E-state index contributed by atoms with van der Waals surface area (Å²) in [4.78, 5) is 11.7. The van der Waals surface area contributed by atoms with Crippen LogP contribution in [-0.4, -0.2) is 35.6 Å². The topological polar surface area (TPSA) is 35.5 Å². The van der Waals surface area contributed by atoms with Crippen molar-refractivity contribution in [3.05, 3.63) is 0 Å². The number of ether oxygens (including phenoxy) is 1. The smallest absolute Gasteiger partial charge is 0.308 e. The lowest BCUT2D eigenvalue weighted by molar-refractivity contribution is -0.148. The first-order chi connectivity index (χ1) is 7.51. The first kappa shape index (κ1) is 16.9. The Hall–Kier alpha value is -0.136. The van der Waals surface area contributed by atoms with Crippen LogP contribution in [0, 0.1) is 5.92 Å². The molecule has 0 aromatic rings. The van der Waals surface area contributed by atoms with Gasteiger partial charge in [0, 0.05) is 8.07 Å². The van der Waals surface area contributed by atoms with Gasteiger partial charge in [-0.15, -0.1) is 0 Å². The van der Waals surface area contributed by atoms with E-state index in [1.807, 2.05) is 6.92 Å². The van der Waals surface area contributed by atoms with Crippen LogP contribution in [0.1, 0.15) is 6.92 Å². The molecule has 0 heterocycles. The van der Waals surface area contributed by atoms with Gasteiger partial charge in [0.2, 0.25) is 0 Å². The second-order valence-electron chi connectivity index (χ2n) is 6.79. The van der Waals surface area contributed by atoms with Crippen molar-refractivity contribution in [1.29, 1.82) is 0 Å². The Kier molecular flexibility index (Phi) is 6.65. The van der Waals surface area contributed by atoms with Crippen LogP contribution in [0.5, 0.6) is 0 Å². The fourth-order valence-corrected chi connectivity index (χ4v) is 4.33. The lowest BCUT2D eigenvalue weighted by atomic mass is 10.2. The number of hydrogen-bond donors (Lipinski definition) is 0. The molecular formula is C12H28O3Si2. The highest BCUT2D eigenvalue weighted by Crippen LogP contribution is 2.17. The molecule has 102 valence electrons. The molecule has 0 amide bonds. The summed E-state index contributed by atoms with van der Waals surface area (Å²) in [5.41, 5.74) is 0. The van der Waals surface area contributed by atoms with Crippen molar-refractivity contribution in [1.82, 2.24) is 0 Å². The van der Waals surface area contributed by atoms with Crippen LogP contribution in [0.4, 0.5) is 0 Å². The highest BCUT2D eigenvalue weighted by molar-refractivity contribution is 6.76. The molecule has 0 aliphatic rings. The van der Waals surface area contributed by atoms with E-state index in [4.69, 9.17) is 9.16 Å². The molecule has 0 fully saturated rings. The van der Waals surface area contributed by atoms with E-state index < -0.39 is 16.4 Å². The summed E-state index contributed by atoms with van der Waals surface area (Å²) in [5.74, 6) is -0.0554. The zero-order valence-electron chi connectivity index (χ0n) is 12.4. The molecule has 0 radical (unpaired) electrons. The van der Waals surface area contributed by atoms with Gasteiger partial charge in [0.1, 0.15) is 6.61 Å². The molecule has 1 atom stereocenters. The molecule has 0 aromatic heterocycles. The molecule has 0 aliphatic carbocycles. The molecule has 5 heteroatoms. The van der Waals surface area contributed by atoms with Gasteiger partial charge in [-0.2, -0.15) is 0 Å². The molecule has 0 saturated carbocycles. The fourth-order valence-electron chi connectivity index (χ4n) is 1.63. The van der Waals surface area contributed by atoms with Gasteiger partial charge in [-0.25, -0.2) is 0 Å². The summed E-state index contributed by atoms with van der Waals surface area (Å²) >= 11 is 0. The van der Waals surface area contributed by atoms with Crippen LogP contribution in [0.2, 0.25) is 45.3 Å². The lowest BCUT2D eigenvalue weighted by Crippen LogP contribution is -2.30. The van der Waals surface area contributed by atoms with Crippen molar-refractivity contribution >= 4 is 22.4 Å². The van der Waals surface area contributed by atoms with E-state index in [1.54, 1.807) is 0 Å². The van der Waals surface area contributed by atoms with Crippen LogP contribution in [-0.2, 0) is 14.0 Å². The van der Waals surface area contributed by atoms with Crippen LogP contribution < -0.4 is 0 Å². The maximum atomic E-state index is 11.7. The van der Waals surface area contributed by atoms with Gasteiger partial charge in [0.05, 0.1) is 12.5 Å². The number of esters is 1. The zero-order valence-corrected chi connectivity index (χ0v) is 14.4. The Morgan fingerprint density at radius 2 is 1.59 bits per heavy atom. The van der Waals surface area contributed by atoms with E-state index in [0.29, 0.717) is 13.2 Å². The zero-order chi connectivity index (χ0) is 13.7. The Morgan fingerprint density at radius 1 is 1.06 bits per heavy atom. The van der Waals surface area contributed by atoms with Crippen LogP contribution in [0.15, 0.2) is 0 Å². The van der Waals surface area contributed by atoms with Gasteiger partial charge in [-0.1, -0.05) is 26.6 Å². The molecule has 0 bridgehead atoms. The third-order valence-corrected chi connectivity index (χ3v) is 5.09. The molecule has 1 unspecified atom stereocenters. The molecule has 0 spiro atoms. The van der Waals surface area contributed by atoms with Crippen molar-refractivity contribution in [3.63, 3.8) is 0 Å². The third-order valence-electron chi connectivity index (χ3n) is 2.18. The van der Waals surface area contributed by atoms with Crippen LogP contribution >= 0.6 is 0 Å². The van der Waals surface area contributed by atoms with Crippen LogP contribution in [0.25, 0.3) is 0 Å². The Morgan fingerprint density at radius 3 is 2.00 bits per heavy atom. The number of carbonyl (C=O) groups is 1. The minimum absolute atomic E-state index is 0.0218. The molecule has 17 heavy (non-hydrogen) atoms. The van der Waals surface area contributed by atoms with E-state index in [-0.39, 0.29) is 11.9 Å². The largest absolute Gasteiger partial charge is 0.463 e. The Balaban J connectivity index is 3.80. The van der Waals surface area contributed by atoms with Gasteiger partial charge in [0.25, 0.3) is 0 Å². The number of rotatable bonds is 7. The summed E-state index contributed by atoms with van der Waals surface area (Å²) in [7, 11) is -2.66. The summed E-state index contributed by atoms with van der Waals surface area (Å²) in [6.07, 6.45) is 0. The van der Waals surface area contributed by atoms with E-state index in [0.717, 1.165) is 6.04 Å². The molecule has 3 nitrogen and oxygen atoms in total. The quantitative estimate of drug-likeness (QED) is 0.406. The number of carbonyl (C=O) groups excluding carboxylic acids is 1. The van der Waals surface area contributed by atoms with Gasteiger partial charge in [0.15, 0.2) is 8.32 Å². The standard InChI is InChI=1S/C12H28O3Si2/c1-11(10-16(2,3)4)12(13)14-8-9-15-17(5,6)7/h11H,8-10H2,1-7H3. The summed E-state index contributed by atoms with van der Waals surface area (Å²) < 4.78 is 10.9. The van der Waals surface area contributed by atoms with Crippen molar-refractivity contribution in [2.24, 2.45) is 5.92 Å². The SMILES string of the molecule is CC(C[Si](C)(C)C)C(=O)OCCO[Si](C)(C)C. The predicted octanol–water partition coefficient (Wildman–Crippen LogP) is 3.36. The van der Waals surface area contributed by atoms with Gasteiger partial charge in [-0.05, 0) is 25.7 Å². The minimum Gasteiger partial charge on any atom is -0.463 e. The van der Waals surface area contributed by atoms with E-state index in [2.05, 4.69) is 39.3 Å². The average molecular weight is 277 g/mol. The van der Waals surface area contributed by atoms with Crippen molar-refractivity contribution in [2.45, 2.75) is 52.2 Å². The maximum absolute atomic E-state index is 11.7. The summed E-state index contributed by atoms with van der Waals surface area (Å²) in [6.45, 7) is 16.1. The minimum atomic E-state index is -1.48. The number of hydrogen-bond acceptors (Lipinski definition) is 3. The molecule has 0 N–H and O–H groups in total. The highest BCUT2D eigenvalue weighted by Gasteiger charge is 2.23. The van der Waals surface area contributed by atoms with Gasteiger partial charge >= 0.3 is 5.97 Å². The lowest BCUT2D eigenvalue weighted by Gasteiger charge is -2.21. The predicted molar refractivity (Wildman–Crippen MR) is 77.6 cm³/mol. The third kappa shape index (κ3) is 10.7. The maximum Gasteiger partial charge on any atom is 0.308 e. The monoisotopic (exact) mass is 276 g/mol. The van der Waals surface area contributed by atoms with E-state index in [1.165, 1.54) is 0 Å². The summed E-state index contributed by atoms with van der Waals surface area (Å²) in [6, 6.07) is 0.987. The van der Waals surface area contributed by atoms with Crippen molar-refractivity contribution in [2.75, 3.05) is 13.2 Å². The second-order valence-corrected chi connectivity index (χ2v) is 16.8. The van der Waals surface area contributed by atoms with Gasteiger partial charge < -0.3 is 9.16 Å². The second kappa shape index (κ2) is 6.70. The molecule has 0 saturated heterocycles. The van der Waals surface area contributed by atoms with Crippen molar-refractivity contribution in [3.8, 4) is 0 Å².